The smallest absolute Gasteiger partial charge is 0.870 e. The Morgan fingerprint density at radius 1 is 1.23 bits per heavy atom. The van der Waals surface area contributed by atoms with E-state index in [-0.39, 0.29) is 76.2 Å². The Bertz CT molecular complexity index is 101. The van der Waals surface area contributed by atoms with Crippen LogP contribution in [0.15, 0.2) is 0 Å². The standard InChI is InChI=1S/C7H16O4.K.H2O/c1-5(9)6(2)11-4-7(10)3-8;;/h5-10H,3-4H2,1-2H3;;1H2/q;+1;/p-1. The Morgan fingerprint density at radius 3 is 2.00 bits per heavy atom. The summed E-state index contributed by atoms with van der Waals surface area (Å²) in [4.78, 5) is 0. The van der Waals surface area contributed by atoms with Gasteiger partial charge in [0.25, 0.3) is 0 Å². The van der Waals surface area contributed by atoms with Crippen LogP contribution in [0, 0.1) is 0 Å². The van der Waals surface area contributed by atoms with Crippen LogP contribution in [0.4, 0.5) is 0 Å². The molecule has 0 radical (unpaired) electrons. The molecule has 3 unspecified atom stereocenters. The first-order valence-electron chi connectivity index (χ1n) is 3.66. The maximum atomic E-state index is 8.94. The summed E-state index contributed by atoms with van der Waals surface area (Å²) >= 11 is 0. The molecule has 0 rings (SSSR count). The Morgan fingerprint density at radius 2 is 1.69 bits per heavy atom. The summed E-state index contributed by atoms with van der Waals surface area (Å²) in [7, 11) is 0. The molecule has 0 amide bonds. The summed E-state index contributed by atoms with van der Waals surface area (Å²) in [6.07, 6.45) is -1.71. The zero-order valence-electron chi connectivity index (χ0n) is 8.34. The van der Waals surface area contributed by atoms with Crippen LogP contribution >= 0.6 is 0 Å². The summed E-state index contributed by atoms with van der Waals surface area (Å²) in [6, 6.07) is 0. The summed E-state index contributed by atoms with van der Waals surface area (Å²) in [5, 5.41) is 26.2. The molecule has 0 aromatic carbocycles. The Kier molecular flexibility index (Phi) is 17.6. The van der Waals surface area contributed by atoms with E-state index in [1.54, 1.807) is 13.8 Å². The number of ether oxygens (including phenoxy) is 1. The number of rotatable bonds is 5. The van der Waals surface area contributed by atoms with Crippen molar-refractivity contribution in [3.63, 3.8) is 0 Å². The van der Waals surface area contributed by atoms with Gasteiger partial charge in [-0.1, -0.05) is 0 Å². The Labute approximate surface area is 121 Å². The molecular formula is C7H17KO5. The van der Waals surface area contributed by atoms with Gasteiger partial charge in [0.15, 0.2) is 0 Å². The van der Waals surface area contributed by atoms with Crippen LogP contribution in [0.5, 0.6) is 0 Å². The predicted octanol–water partition coefficient (Wildman–Crippen LogP) is -4.05. The van der Waals surface area contributed by atoms with Gasteiger partial charge >= 0.3 is 51.4 Å². The molecule has 0 saturated carbocycles. The fourth-order valence-corrected chi connectivity index (χ4v) is 0.455. The summed E-state index contributed by atoms with van der Waals surface area (Å²) in [6.45, 7) is 3.06. The van der Waals surface area contributed by atoms with Crippen molar-refractivity contribution in [2.75, 3.05) is 13.2 Å². The van der Waals surface area contributed by atoms with Gasteiger partial charge in [0.1, 0.15) is 6.10 Å². The normalized spacial score (nSPS) is 16.4. The van der Waals surface area contributed by atoms with Crippen molar-refractivity contribution in [1.82, 2.24) is 0 Å². The van der Waals surface area contributed by atoms with E-state index in [9.17, 15) is 0 Å². The third-order valence-electron chi connectivity index (χ3n) is 1.44. The quantitative estimate of drug-likeness (QED) is 0.410. The largest absolute Gasteiger partial charge is 1.00 e. The molecule has 0 aliphatic rings. The molecule has 0 aromatic heterocycles. The van der Waals surface area contributed by atoms with Gasteiger partial charge in [0.2, 0.25) is 0 Å². The molecule has 0 saturated heterocycles. The van der Waals surface area contributed by atoms with Gasteiger partial charge in [-0.25, -0.2) is 0 Å². The van der Waals surface area contributed by atoms with Gasteiger partial charge in [-0.2, -0.15) is 0 Å². The number of hydrogen-bond donors (Lipinski definition) is 3. The Hall–Kier alpha value is 1.44. The van der Waals surface area contributed by atoms with Crippen LogP contribution in [0.1, 0.15) is 13.8 Å². The van der Waals surface area contributed by atoms with Gasteiger partial charge in [0, 0.05) is 0 Å². The van der Waals surface area contributed by atoms with Crippen LogP contribution in [0.25, 0.3) is 0 Å². The molecule has 13 heavy (non-hydrogen) atoms. The summed E-state index contributed by atoms with van der Waals surface area (Å²) in [5.74, 6) is 0. The SMILES string of the molecule is CC(O)C(C)OCC(O)CO.[K+].[OH-]. The molecule has 76 valence electrons. The second-order valence-electron chi connectivity index (χ2n) is 2.62. The van der Waals surface area contributed by atoms with Crippen LogP contribution in [0.3, 0.4) is 0 Å². The van der Waals surface area contributed by atoms with Crippen molar-refractivity contribution >= 4 is 0 Å². The first-order valence-corrected chi connectivity index (χ1v) is 3.66. The molecule has 0 heterocycles. The molecule has 6 heteroatoms. The van der Waals surface area contributed by atoms with Crippen LogP contribution in [-0.4, -0.2) is 52.3 Å². The van der Waals surface area contributed by atoms with Gasteiger partial charge in [-0.3, -0.25) is 0 Å². The molecule has 0 aliphatic heterocycles. The minimum atomic E-state index is -0.851. The molecule has 4 N–H and O–H groups in total. The molecule has 5 nitrogen and oxygen atoms in total. The van der Waals surface area contributed by atoms with Crippen molar-refractivity contribution < 1.29 is 76.9 Å². The monoisotopic (exact) mass is 220 g/mol. The minimum absolute atomic E-state index is 0. The van der Waals surface area contributed by atoms with Crippen molar-refractivity contribution in [3.8, 4) is 0 Å². The second-order valence-corrected chi connectivity index (χ2v) is 2.62. The average molecular weight is 220 g/mol. The summed E-state index contributed by atoms with van der Waals surface area (Å²) in [5.41, 5.74) is 0. The van der Waals surface area contributed by atoms with Crippen molar-refractivity contribution in [2.45, 2.75) is 32.2 Å². The molecular weight excluding hydrogens is 203 g/mol. The minimum Gasteiger partial charge on any atom is -0.870 e. The van der Waals surface area contributed by atoms with E-state index in [1.807, 2.05) is 0 Å². The molecule has 0 bridgehead atoms. The van der Waals surface area contributed by atoms with Crippen LogP contribution in [-0.2, 0) is 4.74 Å². The topological polar surface area (TPSA) is 99.9 Å². The number of aliphatic hydroxyl groups is 3. The van der Waals surface area contributed by atoms with Crippen molar-refractivity contribution in [3.05, 3.63) is 0 Å². The number of hydrogen-bond acceptors (Lipinski definition) is 5. The third kappa shape index (κ3) is 11.4. The maximum absolute atomic E-state index is 8.94. The van der Waals surface area contributed by atoms with E-state index in [4.69, 9.17) is 20.1 Å². The first kappa shape index (κ1) is 19.9. The zero-order valence-corrected chi connectivity index (χ0v) is 11.5. The first-order chi connectivity index (χ1) is 5.07. The van der Waals surface area contributed by atoms with E-state index in [0.717, 1.165) is 0 Å². The molecule has 0 aromatic rings. The van der Waals surface area contributed by atoms with Gasteiger partial charge < -0.3 is 25.5 Å². The Balaban J connectivity index is -0.000000500. The van der Waals surface area contributed by atoms with E-state index >= 15 is 0 Å². The fourth-order valence-electron chi connectivity index (χ4n) is 0.455. The molecule has 0 spiro atoms. The van der Waals surface area contributed by atoms with Gasteiger partial charge in [-0.15, -0.1) is 0 Å². The van der Waals surface area contributed by atoms with Crippen molar-refractivity contribution in [1.29, 1.82) is 0 Å². The second kappa shape index (κ2) is 11.5. The maximum Gasteiger partial charge on any atom is 1.00 e. The van der Waals surface area contributed by atoms with Crippen LogP contribution < -0.4 is 51.4 Å². The molecule has 0 fully saturated rings. The fraction of sp³-hybridized carbons (Fsp3) is 1.00. The van der Waals surface area contributed by atoms with E-state index in [0.29, 0.717) is 0 Å². The number of aliphatic hydroxyl groups excluding tert-OH is 3. The predicted molar refractivity (Wildman–Crippen MR) is 42.1 cm³/mol. The summed E-state index contributed by atoms with van der Waals surface area (Å²) < 4.78 is 5.00. The third-order valence-corrected chi connectivity index (χ3v) is 1.44. The molecule has 0 aliphatic carbocycles. The van der Waals surface area contributed by atoms with Crippen LogP contribution in [0.2, 0.25) is 0 Å². The van der Waals surface area contributed by atoms with E-state index in [2.05, 4.69) is 0 Å². The van der Waals surface area contributed by atoms with E-state index in [1.165, 1.54) is 0 Å². The van der Waals surface area contributed by atoms with Gasteiger partial charge in [-0.05, 0) is 13.8 Å². The van der Waals surface area contributed by atoms with E-state index < -0.39 is 12.2 Å². The zero-order chi connectivity index (χ0) is 8.85. The van der Waals surface area contributed by atoms with Crippen molar-refractivity contribution in [2.24, 2.45) is 0 Å². The average Bonchev–Trinajstić information content (AvgIpc) is 1.99. The van der Waals surface area contributed by atoms with Gasteiger partial charge in [0.05, 0.1) is 25.4 Å². The molecule has 3 atom stereocenters.